The lowest BCUT2D eigenvalue weighted by Crippen LogP contribution is -2.54. The maximum absolute atomic E-state index is 13.3. The summed E-state index contributed by atoms with van der Waals surface area (Å²) in [6.45, 7) is 3.35. The van der Waals surface area contributed by atoms with Gasteiger partial charge < -0.3 is 5.32 Å². The SMILES string of the molecule is CC1C(=O)N(NC(=O)[C@H](C)NC(=O)Cc2ccc(F)cc2)c2ccccc2-c2ccccc21. The van der Waals surface area contributed by atoms with E-state index in [1.54, 1.807) is 26.0 Å². The van der Waals surface area contributed by atoms with E-state index in [9.17, 15) is 18.8 Å². The van der Waals surface area contributed by atoms with Crippen LogP contribution >= 0.6 is 0 Å². The highest BCUT2D eigenvalue weighted by molar-refractivity contribution is 6.06. The van der Waals surface area contributed by atoms with Crippen LogP contribution in [0, 0.1) is 5.82 Å². The molecule has 4 rings (SSSR count). The van der Waals surface area contributed by atoms with Gasteiger partial charge in [-0.15, -0.1) is 0 Å². The number of benzene rings is 3. The average molecular weight is 445 g/mol. The molecular weight excluding hydrogens is 421 g/mol. The van der Waals surface area contributed by atoms with Gasteiger partial charge in [0.2, 0.25) is 5.91 Å². The van der Waals surface area contributed by atoms with E-state index in [1.165, 1.54) is 29.3 Å². The van der Waals surface area contributed by atoms with Gasteiger partial charge in [-0.25, -0.2) is 9.40 Å². The van der Waals surface area contributed by atoms with Gasteiger partial charge in [-0.1, -0.05) is 54.6 Å². The van der Waals surface area contributed by atoms with E-state index in [1.807, 2.05) is 36.4 Å². The Balaban J connectivity index is 1.51. The first kappa shape index (κ1) is 22.2. The molecule has 33 heavy (non-hydrogen) atoms. The fourth-order valence-corrected chi connectivity index (χ4v) is 3.93. The number of para-hydroxylation sites is 1. The standard InChI is InChI=1S/C26H24FN3O3/c1-16-20-7-3-4-8-21(20)22-9-5-6-10-23(22)30(26(16)33)29-25(32)17(2)28-24(31)15-18-11-13-19(27)14-12-18/h3-14,16-17H,15H2,1-2H3,(H,28,31)(H,29,32)/t16?,17-/m0/s1. The molecule has 6 nitrogen and oxygen atoms in total. The second-order valence-electron chi connectivity index (χ2n) is 8.07. The lowest BCUT2D eigenvalue weighted by molar-refractivity contribution is -0.130. The van der Waals surface area contributed by atoms with Crippen LogP contribution in [0.3, 0.4) is 0 Å². The first-order valence-electron chi connectivity index (χ1n) is 10.7. The van der Waals surface area contributed by atoms with Crippen molar-refractivity contribution >= 4 is 23.4 Å². The average Bonchev–Trinajstić information content (AvgIpc) is 2.90. The van der Waals surface area contributed by atoms with Gasteiger partial charge in [0.1, 0.15) is 11.9 Å². The van der Waals surface area contributed by atoms with Gasteiger partial charge >= 0.3 is 0 Å². The van der Waals surface area contributed by atoms with Gasteiger partial charge in [-0.2, -0.15) is 0 Å². The van der Waals surface area contributed by atoms with Crippen LogP contribution in [0.5, 0.6) is 0 Å². The molecule has 3 amide bonds. The number of amides is 3. The van der Waals surface area contributed by atoms with Gasteiger partial charge in [0, 0.05) is 5.56 Å². The second kappa shape index (κ2) is 9.24. The van der Waals surface area contributed by atoms with Gasteiger partial charge in [-0.05, 0) is 48.7 Å². The normalized spacial score (nSPS) is 15.7. The fraction of sp³-hybridized carbons (Fsp3) is 0.192. The molecule has 2 atom stereocenters. The molecule has 0 aromatic heterocycles. The molecule has 0 bridgehead atoms. The van der Waals surface area contributed by atoms with Crippen LogP contribution in [0.1, 0.15) is 30.9 Å². The Hall–Kier alpha value is -4.00. The van der Waals surface area contributed by atoms with E-state index in [4.69, 9.17) is 0 Å². The number of hydrazine groups is 1. The first-order valence-corrected chi connectivity index (χ1v) is 10.7. The number of fused-ring (bicyclic) bond motifs is 3. The summed E-state index contributed by atoms with van der Waals surface area (Å²) < 4.78 is 13.1. The van der Waals surface area contributed by atoms with Crippen LogP contribution in [0.4, 0.5) is 10.1 Å². The number of hydrogen-bond donors (Lipinski definition) is 2. The smallest absolute Gasteiger partial charge is 0.261 e. The summed E-state index contributed by atoms with van der Waals surface area (Å²) in [5, 5.41) is 3.90. The summed E-state index contributed by atoms with van der Waals surface area (Å²) in [7, 11) is 0. The third-order valence-electron chi connectivity index (χ3n) is 5.72. The Bertz CT molecular complexity index is 1210. The minimum absolute atomic E-state index is 0.00964. The molecule has 3 aromatic rings. The maximum atomic E-state index is 13.3. The van der Waals surface area contributed by atoms with Crippen LogP contribution in [0.2, 0.25) is 0 Å². The number of rotatable bonds is 5. The number of halogens is 1. The van der Waals surface area contributed by atoms with Crippen LogP contribution in [-0.4, -0.2) is 23.8 Å². The molecule has 2 N–H and O–H groups in total. The molecule has 1 aliphatic heterocycles. The molecule has 1 heterocycles. The van der Waals surface area contributed by atoms with Gasteiger partial charge in [0.05, 0.1) is 18.0 Å². The number of nitrogens with one attached hydrogen (secondary N) is 2. The van der Waals surface area contributed by atoms with Gasteiger partial charge in [0.15, 0.2) is 0 Å². The minimum atomic E-state index is -0.890. The lowest BCUT2D eigenvalue weighted by Gasteiger charge is -2.27. The number of hydrogen-bond acceptors (Lipinski definition) is 3. The topological polar surface area (TPSA) is 78.5 Å². The highest BCUT2D eigenvalue weighted by Crippen LogP contribution is 2.39. The Morgan fingerprint density at radius 3 is 2.33 bits per heavy atom. The van der Waals surface area contributed by atoms with Gasteiger partial charge in [0.25, 0.3) is 11.8 Å². The first-order chi connectivity index (χ1) is 15.8. The zero-order chi connectivity index (χ0) is 23.5. The number of carbonyl (C=O) groups excluding carboxylic acids is 3. The monoisotopic (exact) mass is 445 g/mol. The Kier molecular flexibility index (Phi) is 6.22. The summed E-state index contributed by atoms with van der Waals surface area (Å²) in [6, 6.07) is 19.8. The molecule has 168 valence electrons. The van der Waals surface area contributed by atoms with Crippen LogP contribution in [0.15, 0.2) is 72.8 Å². The Morgan fingerprint density at radius 1 is 0.970 bits per heavy atom. The summed E-state index contributed by atoms with van der Waals surface area (Å²) in [4.78, 5) is 38.6. The summed E-state index contributed by atoms with van der Waals surface area (Å²) >= 11 is 0. The molecule has 1 unspecified atom stereocenters. The highest BCUT2D eigenvalue weighted by atomic mass is 19.1. The summed E-state index contributed by atoms with van der Waals surface area (Å²) in [5.74, 6) is -2.04. The molecule has 0 saturated carbocycles. The zero-order valence-electron chi connectivity index (χ0n) is 18.3. The van der Waals surface area contributed by atoms with E-state index in [2.05, 4.69) is 10.7 Å². The second-order valence-corrected chi connectivity index (χ2v) is 8.07. The molecule has 3 aromatic carbocycles. The van der Waals surface area contributed by atoms with Crippen molar-refractivity contribution in [2.24, 2.45) is 0 Å². The summed E-state index contributed by atoms with van der Waals surface area (Å²) in [5.41, 5.74) is 6.53. The molecule has 7 heteroatoms. The molecular formula is C26H24FN3O3. The predicted molar refractivity (Wildman–Crippen MR) is 124 cm³/mol. The molecule has 0 radical (unpaired) electrons. The number of carbonyl (C=O) groups is 3. The molecule has 0 saturated heterocycles. The quantitative estimate of drug-likeness (QED) is 0.628. The van der Waals surface area contributed by atoms with Crippen molar-refractivity contribution in [1.82, 2.24) is 10.7 Å². The minimum Gasteiger partial charge on any atom is -0.344 e. The lowest BCUT2D eigenvalue weighted by atomic mass is 9.92. The van der Waals surface area contributed by atoms with Gasteiger partial charge in [-0.3, -0.25) is 19.8 Å². The van der Waals surface area contributed by atoms with Crippen LogP contribution < -0.4 is 15.8 Å². The third kappa shape index (κ3) is 4.62. The zero-order valence-corrected chi connectivity index (χ0v) is 18.3. The largest absolute Gasteiger partial charge is 0.344 e. The molecule has 0 spiro atoms. The van der Waals surface area contributed by atoms with E-state index >= 15 is 0 Å². The van der Waals surface area contributed by atoms with Crippen molar-refractivity contribution in [1.29, 1.82) is 0 Å². The number of nitrogens with zero attached hydrogens (tertiary/aromatic N) is 1. The molecule has 0 aliphatic carbocycles. The Morgan fingerprint density at radius 2 is 1.61 bits per heavy atom. The van der Waals surface area contributed by atoms with Crippen molar-refractivity contribution in [2.75, 3.05) is 5.01 Å². The van der Waals surface area contributed by atoms with Crippen molar-refractivity contribution in [3.05, 3.63) is 89.7 Å². The fourth-order valence-electron chi connectivity index (χ4n) is 3.93. The van der Waals surface area contributed by atoms with Crippen molar-refractivity contribution < 1.29 is 18.8 Å². The van der Waals surface area contributed by atoms with Crippen molar-refractivity contribution in [3.8, 4) is 11.1 Å². The molecule has 0 fully saturated rings. The number of anilines is 1. The Labute approximate surface area is 191 Å². The predicted octanol–water partition coefficient (Wildman–Crippen LogP) is 3.72. The van der Waals surface area contributed by atoms with E-state index < -0.39 is 17.9 Å². The van der Waals surface area contributed by atoms with Crippen LogP contribution in [0.25, 0.3) is 11.1 Å². The van der Waals surface area contributed by atoms with Crippen molar-refractivity contribution in [2.45, 2.75) is 32.2 Å². The van der Waals surface area contributed by atoms with E-state index in [0.29, 0.717) is 11.3 Å². The van der Waals surface area contributed by atoms with Crippen molar-refractivity contribution in [3.63, 3.8) is 0 Å². The highest BCUT2D eigenvalue weighted by Gasteiger charge is 2.33. The van der Waals surface area contributed by atoms with E-state index in [0.717, 1.165) is 16.7 Å². The van der Waals surface area contributed by atoms with Crippen LogP contribution in [-0.2, 0) is 20.8 Å². The molecule has 1 aliphatic rings. The third-order valence-corrected chi connectivity index (χ3v) is 5.72. The maximum Gasteiger partial charge on any atom is 0.261 e. The van der Waals surface area contributed by atoms with E-state index in [-0.39, 0.29) is 24.1 Å². The summed E-state index contributed by atoms with van der Waals surface area (Å²) in [6.07, 6.45) is 0.00964.